The van der Waals surface area contributed by atoms with E-state index in [1.54, 1.807) is 18.5 Å². The molecule has 4 aromatic rings. The molecule has 1 aliphatic rings. The van der Waals surface area contributed by atoms with Gasteiger partial charge in [0.25, 0.3) is 5.91 Å². The predicted octanol–water partition coefficient (Wildman–Crippen LogP) is 4.14. The van der Waals surface area contributed by atoms with E-state index in [4.69, 9.17) is 20.2 Å². The largest absolute Gasteiger partial charge is 0.489 e. The van der Waals surface area contributed by atoms with Crippen LogP contribution in [0, 0.1) is 0 Å². The monoisotopic (exact) mass is 533 g/mol. The van der Waals surface area contributed by atoms with Crippen molar-refractivity contribution in [1.82, 2.24) is 19.9 Å². The highest BCUT2D eigenvalue weighted by Crippen LogP contribution is 2.41. The van der Waals surface area contributed by atoms with Gasteiger partial charge in [0.15, 0.2) is 0 Å². The molecule has 0 radical (unpaired) electrons. The Morgan fingerprint density at radius 2 is 1.95 bits per heavy atom. The number of hydrogen-bond acceptors (Lipinski definition) is 10. The molecule has 1 amide bonds. The van der Waals surface area contributed by atoms with Gasteiger partial charge in [-0.15, -0.1) is 11.3 Å². The average molecular weight is 534 g/mol. The van der Waals surface area contributed by atoms with E-state index in [0.29, 0.717) is 33.3 Å². The van der Waals surface area contributed by atoms with Gasteiger partial charge in [-0.25, -0.2) is 15.0 Å². The molecule has 0 bridgehead atoms. The van der Waals surface area contributed by atoms with E-state index in [9.17, 15) is 4.79 Å². The minimum Gasteiger partial charge on any atom is -0.489 e. The Labute approximate surface area is 225 Å². The Hall–Kier alpha value is -3.96. The minimum absolute atomic E-state index is 0.0127. The van der Waals surface area contributed by atoms with Crippen molar-refractivity contribution in [3.63, 3.8) is 0 Å². The van der Waals surface area contributed by atoms with Crippen LogP contribution in [0.5, 0.6) is 11.6 Å². The van der Waals surface area contributed by atoms with Crippen LogP contribution in [0.25, 0.3) is 21.3 Å². The SMILES string of the molecule is COc1ncccc1-c1c(C(N)=O)sc2cnc(Nc3ccc(N4CCN(C)CC4)cc3OC(C)C)nc12. The number of pyridine rings is 1. The summed E-state index contributed by atoms with van der Waals surface area (Å²) < 4.78 is 12.4. The maximum atomic E-state index is 12.4. The maximum Gasteiger partial charge on any atom is 0.259 e. The second-order valence-electron chi connectivity index (χ2n) is 9.40. The van der Waals surface area contributed by atoms with Crippen LogP contribution in [0.1, 0.15) is 23.5 Å². The highest BCUT2D eigenvalue weighted by molar-refractivity contribution is 7.21. The molecule has 198 valence electrons. The molecule has 0 spiro atoms. The number of primary amides is 1. The zero-order valence-corrected chi connectivity index (χ0v) is 22.7. The fourth-order valence-corrected chi connectivity index (χ4v) is 5.45. The van der Waals surface area contributed by atoms with Crippen LogP contribution in [-0.2, 0) is 0 Å². The van der Waals surface area contributed by atoms with Crippen molar-refractivity contribution in [2.24, 2.45) is 5.73 Å². The van der Waals surface area contributed by atoms with Crippen molar-refractivity contribution in [3.05, 3.63) is 47.6 Å². The number of thiophene rings is 1. The lowest BCUT2D eigenvalue weighted by Crippen LogP contribution is -2.44. The fraction of sp³-hybridized carbons (Fsp3) is 0.333. The summed E-state index contributed by atoms with van der Waals surface area (Å²) in [5.41, 5.74) is 9.42. The van der Waals surface area contributed by atoms with Crippen molar-refractivity contribution in [2.45, 2.75) is 20.0 Å². The molecule has 1 aromatic carbocycles. The number of anilines is 3. The Morgan fingerprint density at radius 3 is 2.66 bits per heavy atom. The molecule has 10 nitrogen and oxygen atoms in total. The molecule has 1 aliphatic heterocycles. The number of nitrogens with one attached hydrogen (secondary N) is 1. The first-order valence-electron chi connectivity index (χ1n) is 12.4. The van der Waals surface area contributed by atoms with Gasteiger partial charge in [0.05, 0.1) is 35.3 Å². The van der Waals surface area contributed by atoms with E-state index in [2.05, 4.69) is 44.3 Å². The number of fused-ring (bicyclic) bond motifs is 1. The van der Waals surface area contributed by atoms with Gasteiger partial charge in [0.1, 0.15) is 10.6 Å². The molecular weight excluding hydrogens is 502 g/mol. The standard InChI is InChI=1S/C27H31N7O3S/c1-16(2)37-20-14-17(34-12-10-33(3)11-13-34)7-8-19(20)31-27-30-15-21-23(32-27)22(24(38-21)25(28)35)18-6-5-9-29-26(18)36-4/h5-9,14-16H,10-13H2,1-4H3,(H2,28,35)(H,30,31,32). The Morgan fingerprint density at radius 1 is 1.16 bits per heavy atom. The van der Waals surface area contributed by atoms with Gasteiger partial charge in [-0.3, -0.25) is 4.79 Å². The highest BCUT2D eigenvalue weighted by atomic mass is 32.1. The van der Waals surface area contributed by atoms with Crippen molar-refractivity contribution in [2.75, 3.05) is 50.6 Å². The molecular formula is C27H31N7O3S. The van der Waals surface area contributed by atoms with E-state index in [1.807, 2.05) is 26.0 Å². The lowest BCUT2D eigenvalue weighted by atomic mass is 10.1. The number of hydrogen-bond donors (Lipinski definition) is 2. The minimum atomic E-state index is -0.546. The summed E-state index contributed by atoms with van der Waals surface area (Å²) in [6.45, 7) is 7.97. The second kappa shape index (κ2) is 10.8. The fourth-order valence-electron chi connectivity index (χ4n) is 4.47. The number of carbonyl (C=O) groups is 1. The van der Waals surface area contributed by atoms with Gasteiger partial charge in [0, 0.05) is 55.3 Å². The first-order chi connectivity index (χ1) is 18.3. The van der Waals surface area contributed by atoms with Gasteiger partial charge < -0.3 is 30.3 Å². The van der Waals surface area contributed by atoms with Gasteiger partial charge >= 0.3 is 0 Å². The molecule has 0 unspecified atom stereocenters. The maximum absolute atomic E-state index is 12.4. The smallest absolute Gasteiger partial charge is 0.259 e. The Kier molecular flexibility index (Phi) is 7.30. The van der Waals surface area contributed by atoms with Crippen molar-refractivity contribution in [3.8, 4) is 22.8 Å². The zero-order chi connectivity index (χ0) is 26.8. The van der Waals surface area contributed by atoms with Gasteiger partial charge in [0.2, 0.25) is 11.8 Å². The summed E-state index contributed by atoms with van der Waals surface area (Å²) in [6.07, 6.45) is 3.31. The molecule has 0 atom stereocenters. The highest BCUT2D eigenvalue weighted by Gasteiger charge is 2.23. The first-order valence-corrected chi connectivity index (χ1v) is 13.3. The Bertz CT molecular complexity index is 1460. The van der Waals surface area contributed by atoms with Gasteiger partial charge in [-0.05, 0) is 45.2 Å². The van der Waals surface area contributed by atoms with E-state index in [1.165, 1.54) is 18.4 Å². The quantitative estimate of drug-likeness (QED) is 0.344. The van der Waals surface area contributed by atoms with Crippen LogP contribution in [0.3, 0.4) is 0 Å². The van der Waals surface area contributed by atoms with Crippen molar-refractivity contribution >= 4 is 44.8 Å². The lowest BCUT2D eigenvalue weighted by Gasteiger charge is -2.34. The number of methoxy groups -OCH3 is 1. The summed E-state index contributed by atoms with van der Waals surface area (Å²) in [5, 5.41) is 3.32. The van der Waals surface area contributed by atoms with E-state index in [-0.39, 0.29) is 6.10 Å². The second-order valence-corrected chi connectivity index (χ2v) is 10.5. The third-order valence-electron chi connectivity index (χ3n) is 6.33. The summed E-state index contributed by atoms with van der Waals surface area (Å²) in [6, 6.07) is 9.76. The Balaban J connectivity index is 1.54. The molecule has 11 heteroatoms. The summed E-state index contributed by atoms with van der Waals surface area (Å²) in [5.74, 6) is 0.930. The molecule has 1 saturated heterocycles. The van der Waals surface area contributed by atoms with Crippen LogP contribution in [0.15, 0.2) is 42.7 Å². The number of carbonyl (C=O) groups excluding carboxylic acids is 1. The topological polar surface area (TPSA) is 119 Å². The summed E-state index contributed by atoms with van der Waals surface area (Å²) >= 11 is 1.25. The van der Waals surface area contributed by atoms with E-state index < -0.39 is 5.91 Å². The summed E-state index contributed by atoms with van der Waals surface area (Å²) in [7, 11) is 3.68. The number of nitrogens with two attached hydrogens (primary N) is 1. The molecule has 3 aromatic heterocycles. The number of nitrogens with zero attached hydrogens (tertiary/aromatic N) is 5. The molecule has 1 fully saturated rings. The molecule has 5 rings (SSSR count). The number of benzene rings is 1. The molecule has 0 aliphatic carbocycles. The van der Waals surface area contributed by atoms with Gasteiger partial charge in [-0.2, -0.15) is 0 Å². The zero-order valence-electron chi connectivity index (χ0n) is 21.9. The number of ether oxygens (including phenoxy) is 2. The predicted molar refractivity (Wildman–Crippen MR) is 151 cm³/mol. The van der Waals surface area contributed by atoms with Crippen LogP contribution >= 0.6 is 11.3 Å². The number of piperazine rings is 1. The van der Waals surface area contributed by atoms with Gasteiger partial charge in [-0.1, -0.05) is 0 Å². The van der Waals surface area contributed by atoms with Crippen LogP contribution in [0.4, 0.5) is 17.3 Å². The molecule has 3 N–H and O–H groups in total. The lowest BCUT2D eigenvalue weighted by molar-refractivity contribution is 0.100. The molecule has 38 heavy (non-hydrogen) atoms. The molecule has 4 heterocycles. The average Bonchev–Trinajstić information content (AvgIpc) is 3.29. The van der Waals surface area contributed by atoms with Crippen LogP contribution < -0.4 is 25.4 Å². The van der Waals surface area contributed by atoms with Crippen LogP contribution in [0.2, 0.25) is 0 Å². The first kappa shape index (κ1) is 25.7. The number of amides is 1. The van der Waals surface area contributed by atoms with E-state index in [0.717, 1.165) is 48.0 Å². The number of aromatic nitrogens is 3. The third kappa shape index (κ3) is 5.20. The van der Waals surface area contributed by atoms with Crippen LogP contribution in [-0.4, -0.2) is 72.2 Å². The normalized spacial score (nSPS) is 14.2. The van der Waals surface area contributed by atoms with E-state index >= 15 is 0 Å². The molecule has 0 saturated carbocycles. The number of likely N-dealkylation sites (N-methyl/N-ethyl adjacent to an activating group) is 1. The van der Waals surface area contributed by atoms with Crippen molar-refractivity contribution in [1.29, 1.82) is 0 Å². The van der Waals surface area contributed by atoms with Crippen molar-refractivity contribution < 1.29 is 14.3 Å². The summed E-state index contributed by atoms with van der Waals surface area (Å²) in [4.78, 5) is 31.0. The third-order valence-corrected chi connectivity index (χ3v) is 7.46. The number of rotatable bonds is 8.